The second kappa shape index (κ2) is 9.63. The summed E-state index contributed by atoms with van der Waals surface area (Å²) in [6.45, 7) is 4.70. The summed E-state index contributed by atoms with van der Waals surface area (Å²) in [5.41, 5.74) is 1.24. The van der Waals surface area contributed by atoms with Gasteiger partial charge in [0.05, 0.1) is 24.4 Å². The quantitative estimate of drug-likeness (QED) is 0.345. The predicted molar refractivity (Wildman–Crippen MR) is 124 cm³/mol. The second-order valence-electron chi connectivity index (χ2n) is 9.36. The molecule has 2 aromatic rings. The Morgan fingerprint density at radius 2 is 1.72 bits per heavy atom. The number of likely N-dealkylation sites (tertiary alicyclic amines) is 2. The standard InChI is InChI=1S/C26H25F6N3O/c1-16(19-4-3-5-23(27)11-19)33-17(2)20-10-21(18-6-8-22(9-7-18)26(30,31)32)13-34(12-20)24(36)35-14-25(28,29)15-35/h3-9,11,20-21H,1,10,12-15H2,2H3. The number of aliphatic imine (C=N–C) groups is 1. The van der Waals surface area contributed by atoms with E-state index in [1.807, 2.05) is 0 Å². The van der Waals surface area contributed by atoms with Gasteiger partial charge in [-0.1, -0.05) is 30.8 Å². The molecule has 0 aliphatic carbocycles. The fraction of sp³-hybridized carbons (Fsp3) is 0.385. The van der Waals surface area contributed by atoms with E-state index < -0.39 is 42.6 Å². The fourth-order valence-electron chi connectivity index (χ4n) is 4.63. The molecule has 2 aliphatic heterocycles. The minimum atomic E-state index is -4.47. The summed E-state index contributed by atoms with van der Waals surface area (Å²) in [4.78, 5) is 20.0. The summed E-state index contributed by atoms with van der Waals surface area (Å²) in [5, 5.41) is 0. The highest BCUT2D eigenvalue weighted by atomic mass is 19.4. The van der Waals surface area contributed by atoms with E-state index in [-0.39, 0.29) is 24.9 Å². The minimum absolute atomic E-state index is 0.181. The third-order valence-electron chi connectivity index (χ3n) is 6.61. The smallest absolute Gasteiger partial charge is 0.323 e. The molecule has 2 atom stereocenters. The molecule has 10 heteroatoms. The van der Waals surface area contributed by atoms with E-state index >= 15 is 0 Å². The highest BCUT2D eigenvalue weighted by molar-refractivity contribution is 5.90. The molecule has 4 rings (SSSR count). The Kier molecular flexibility index (Phi) is 6.90. The number of carbonyl (C=O) groups is 1. The van der Waals surface area contributed by atoms with Gasteiger partial charge in [-0.15, -0.1) is 0 Å². The number of urea groups is 1. The molecule has 0 N–H and O–H groups in total. The Hall–Kier alpha value is -3.30. The molecule has 2 heterocycles. The predicted octanol–water partition coefficient (Wildman–Crippen LogP) is 6.45. The summed E-state index contributed by atoms with van der Waals surface area (Å²) < 4.78 is 79.4. The minimum Gasteiger partial charge on any atom is -0.323 e. The number of alkyl halides is 5. The van der Waals surface area contributed by atoms with Crippen LogP contribution in [-0.4, -0.2) is 53.6 Å². The fourth-order valence-corrected chi connectivity index (χ4v) is 4.63. The lowest BCUT2D eigenvalue weighted by Crippen LogP contribution is -2.62. The number of rotatable bonds is 4. The summed E-state index contributed by atoms with van der Waals surface area (Å²) in [6, 6.07) is 10.00. The number of hydrogen-bond acceptors (Lipinski definition) is 2. The van der Waals surface area contributed by atoms with Crippen molar-refractivity contribution in [3.8, 4) is 0 Å². The molecule has 2 aliphatic rings. The van der Waals surface area contributed by atoms with Crippen LogP contribution in [0.25, 0.3) is 5.70 Å². The van der Waals surface area contributed by atoms with Crippen LogP contribution in [0.2, 0.25) is 0 Å². The second-order valence-corrected chi connectivity index (χ2v) is 9.36. The van der Waals surface area contributed by atoms with Gasteiger partial charge in [0.2, 0.25) is 0 Å². The van der Waals surface area contributed by atoms with Gasteiger partial charge in [0.25, 0.3) is 5.92 Å². The van der Waals surface area contributed by atoms with Crippen molar-refractivity contribution in [3.63, 3.8) is 0 Å². The SMILES string of the molecule is C=C(N=C(C)C1CC(c2ccc(C(F)(F)F)cc2)CN(C(=O)N2CC(F)(F)C2)C1)c1cccc(F)c1. The lowest BCUT2D eigenvalue weighted by molar-refractivity contribution is -0.137. The summed E-state index contributed by atoms with van der Waals surface area (Å²) in [5.74, 6) is -3.99. The van der Waals surface area contributed by atoms with E-state index in [0.717, 1.165) is 17.0 Å². The molecule has 0 aromatic heterocycles. The van der Waals surface area contributed by atoms with E-state index in [1.165, 1.54) is 35.2 Å². The monoisotopic (exact) mass is 509 g/mol. The highest BCUT2D eigenvalue weighted by Gasteiger charge is 2.48. The van der Waals surface area contributed by atoms with Crippen LogP contribution in [0.4, 0.5) is 31.1 Å². The first kappa shape index (κ1) is 25.8. The lowest BCUT2D eigenvalue weighted by atomic mass is 9.82. The van der Waals surface area contributed by atoms with Crippen LogP contribution in [0.1, 0.15) is 36.0 Å². The Morgan fingerprint density at radius 1 is 1.06 bits per heavy atom. The summed E-state index contributed by atoms with van der Waals surface area (Å²) >= 11 is 0. The van der Waals surface area contributed by atoms with Crippen molar-refractivity contribution in [2.24, 2.45) is 10.9 Å². The number of hydrogen-bond donors (Lipinski definition) is 0. The van der Waals surface area contributed by atoms with Gasteiger partial charge in [-0.2, -0.15) is 13.2 Å². The molecule has 0 saturated carbocycles. The summed E-state index contributed by atoms with van der Waals surface area (Å²) in [7, 11) is 0. The Bertz CT molecular complexity index is 1170. The average molecular weight is 509 g/mol. The van der Waals surface area contributed by atoms with Crippen LogP contribution in [0.3, 0.4) is 0 Å². The van der Waals surface area contributed by atoms with E-state index in [0.29, 0.717) is 29.0 Å². The van der Waals surface area contributed by atoms with Crippen molar-refractivity contribution in [3.05, 3.63) is 77.6 Å². The molecule has 0 bridgehead atoms. The van der Waals surface area contributed by atoms with Crippen molar-refractivity contribution in [2.75, 3.05) is 26.2 Å². The molecule has 2 aromatic carbocycles. The zero-order chi connectivity index (χ0) is 26.3. The average Bonchev–Trinajstić information content (AvgIpc) is 2.81. The van der Waals surface area contributed by atoms with E-state index in [2.05, 4.69) is 11.6 Å². The topological polar surface area (TPSA) is 35.9 Å². The molecule has 192 valence electrons. The number of carbonyl (C=O) groups excluding carboxylic acids is 1. The van der Waals surface area contributed by atoms with Gasteiger partial charge >= 0.3 is 12.2 Å². The number of benzene rings is 2. The van der Waals surface area contributed by atoms with E-state index in [4.69, 9.17) is 0 Å². The molecule has 2 amide bonds. The van der Waals surface area contributed by atoms with Gasteiger partial charge in [0, 0.05) is 36.2 Å². The molecule has 2 fully saturated rings. The van der Waals surface area contributed by atoms with Crippen LogP contribution in [-0.2, 0) is 6.18 Å². The van der Waals surface area contributed by atoms with Gasteiger partial charge in [-0.25, -0.2) is 18.0 Å². The number of amides is 2. The van der Waals surface area contributed by atoms with Crippen LogP contribution in [0.15, 0.2) is 60.1 Å². The van der Waals surface area contributed by atoms with Crippen LogP contribution in [0.5, 0.6) is 0 Å². The largest absolute Gasteiger partial charge is 0.416 e. The molecule has 2 unspecified atom stereocenters. The number of halogens is 6. The lowest BCUT2D eigenvalue weighted by Gasteiger charge is -2.45. The first-order valence-electron chi connectivity index (χ1n) is 11.4. The van der Waals surface area contributed by atoms with Crippen molar-refractivity contribution in [2.45, 2.75) is 31.4 Å². The maximum absolute atomic E-state index is 13.6. The van der Waals surface area contributed by atoms with Gasteiger partial charge in [-0.3, -0.25) is 4.99 Å². The van der Waals surface area contributed by atoms with Gasteiger partial charge in [-0.05, 0) is 43.2 Å². The first-order valence-corrected chi connectivity index (χ1v) is 11.4. The maximum atomic E-state index is 13.6. The van der Waals surface area contributed by atoms with Crippen molar-refractivity contribution < 1.29 is 31.1 Å². The van der Waals surface area contributed by atoms with Gasteiger partial charge < -0.3 is 9.80 Å². The molecule has 0 spiro atoms. The van der Waals surface area contributed by atoms with Gasteiger partial charge in [0.15, 0.2) is 0 Å². The highest BCUT2D eigenvalue weighted by Crippen LogP contribution is 2.36. The zero-order valence-electron chi connectivity index (χ0n) is 19.5. The molecule has 2 saturated heterocycles. The zero-order valence-corrected chi connectivity index (χ0v) is 19.5. The number of piperidine rings is 1. The molecule has 36 heavy (non-hydrogen) atoms. The van der Waals surface area contributed by atoms with Crippen LogP contribution < -0.4 is 0 Å². The Balaban J connectivity index is 1.58. The molecular formula is C26H25F6N3O. The molecule has 4 nitrogen and oxygen atoms in total. The third-order valence-corrected chi connectivity index (χ3v) is 6.61. The van der Waals surface area contributed by atoms with Crippen molar-refractivity contribution in [1.82, 2.24) is 9.80 Å². The molecular weight excluding hydrogens is 484 g/mol. The Labute approximate surface area is 204 Å². The van der Waals surface area contributed by atoms with Crippen molar-refractivity contribution in [1.29, 1.82) is 0 Å². The third kappa shape index (κ3) is 5.74. The summed E-state index contributed by atoms with van der Waals surface area (Å²) in [6.07, 6.45) is -3.99. The maximum Gasteiger partial charge on any atom is 0.416 e. The van der Waals surface area contributed by atoms with Crippen LogP contribution >= 0.6 is 0 Å². The van der Waals surface area contributed by atoms with E-state index in [1.54, 1.807) is 13.0 Å². The normalized spacial score (nSPS) is 22.2. The van der Waals surface area contributed by atoms with Gasteiger partial charge in [0.1, 0.15) is 5.82 Å². The van der Waals surface area contributed by atoms with Crippen molar-refractivity contribution >= 4 is 17.4 Å². The number of nitrogens with zero attached hydrogens (tertiary/aromatic N) is 3. The first-order chi connectivity index (χ1) is 16.8. The van der Waals surface area contributed by atoms with E-state index in [9.17, 15) is 31.1 Å². The molecule has 0 radical (unpaired) electrons. The Morgan fingerprint density at radius 3 is 2.31 bits per heavy atom. The van der Waals surface area contributed by atoms with Crippen LogP contribution in [0, 0.1) is 11.7 Å².